The van der Waals surface area contributed by atoms with Crippen LogP contribution < -0.4 is 9.64 Å². The van der Waals surface area contributed by atoms with Crippen molar-refractivity contribution >= 4 is 23.4 Å². The molecule has 9 heteroatoms. The van der Waals surface area contributed by atoms with E-state index in [0.29, 0.717) is 38.2 Å². The second kappa shape index (κ2) is 10.4. The fourth-order valence-electron chi connectivity index (χ4n) is 6.84. The SMILES string of the molecule is CCOc1ccc(N2CC=C[C@]3(CC)O[C@]45C=CCN(C(C)C)C(=O)C4N(CCCO)C(=O)[C@@H]5[C@@H]3C2=O)cc1. The molecule has 5 atom stereocenters. The molecular formula is C30H39N3O6. The molecule has 9 nitrogen and oxygen atoms in total. The molecule has 3 amide bonds. The number of amides is 3. The fourth-order valence-corrected chi connectivity index (χ4v) is 6.84. The zero-order valence-electron chi connectivity index (χ0n) is 23.2. The van der Waals surface area contributed by atoms with E-state index in [-0.39, 0.29) is 36.9 Å². The van der Waals surface area contributed by atoms with E-state index in [1.165, 1.54) is 0 Å². The highest BCUT2D eigenvalue weighted by molar-refractivity contribution is 6.04. The van der Waals surface area contributed by atoms with Gasteiger partial charge in [0.1, 0.15) is 17.4 Å². The molecule has 0 aliphatic carbocycles. The molecular weight excluding hydrogens is 498 g/mol. The van der Waals surface area contributed by atoms with Crippen molar-refractivity contribution in [3.8, 4) is 5.75 Å². The van der Waals surface area contributed by atoms with E-state index >= 15 is 0 Å². The molecule has 4 heterocycles. The number of aliphatic hydroxyl groups is 1. The summed E-state index contributed by atoms with van der Waals surface area (Å²) in [7, 11) is 0. The van der Waals surface area contributed by atoms with Crippen LogP contribution in [0.1, 0.15) is 40.5 Å². The molecule has 39 heavy (non-hydrogen) atoms. The Labute approximate surface area is 230 Å². The molecule has 2 fully saturated rings. The number of benzene rings is 1. The normalized spacial score (nSPS) is 31.9. The van der Waals surface area contributed by atoms with Crippen LogP contribution in [0, 0.1) is 11.8 Å². The zero-order chi connectivity index (χ0) is 27.9. The number of anilines is 1. The third kappa shape index (κ3) is 4.17. The van der Waals surface area contributed by atoms with Crippen LogP contribution >= 0.6 is 0 Å². The van der Waals surface area contributed by atoms with Gasteiger partial charge in [0.2, 0.25) is 17.7 Å². The summed E-state index contributed by atoms with van der Waals surface area (Å²) in [6.07, 6.45) is 8.44. The van der Waals surface area contributed by atoms with Gasteiger partial charge in [0, 0.05) is 38.0 Å². The summed E-state index contributed by atoms with van der Waals surface area (Å²) >= 11 is 0. The van der Waals surface area contributed by atoms with Crippen molar-refractivity contribution in [1.29, 1.82) is 0 Å². The zero-order valence-corrected chi connectivity index (χ0v) is 23.2. The number of rotatable bonds is 8. The lowest BCUT2D eigenvalue weighted by atomic mass is 9.73. The van der Waals surface area contributed by atoms with Crippen LogP contribution in [0.4, 0.5) is 5.69 Å². The molecule has 1 unspecified atom stereocenters. The first-order valence-corrected chi connectivity index (χ1v) is 14.1. The van der Waals surface area contributed by atoms with Crippen molar-refractivity contribution in [2.24, 2.45) is 11.8 Å². The first-order chi connectivity index (χ1) is 18.7. The maximum absolute atomic E-state index is 14.5. The highest BCUT2D eigenvalue weighted by atomic mass is 16.5. The Morgan fingerprint density at radius 1 is 1.00 bits per heavy atom. The molecule has 210 valence electrons. The summed E-state index contributed by atoms with van der Waals surface area (Å²) in [6, 6.07) is 6.39. The van der Waals surface area contributed by atoms with Crippen LogP contribution in [0.15, 0.2) is 48.6 Å². The Kier molecular flexibility index (Phi) is 7.33. The van der Waals surface area contributed by atoms with Crippen molar-refractivity contribution in [1.82, 2.24) is 9.80 Å². The second-order valence-corrected chi connectivity index (χ2v) is 11.0. The quantitative estimate of drug-likeness (QED) is 0.512. The molecule has 4 aliphatic heterocycles. The van der Waals surface area contributed by atoms with E-state index in [2.05, 4.69) is 0 Å². The Bertz CT molecular complexity index is 1180. The second-order valence-electron chi connectivity index (χ2n) is 11.0. The van der Waals surface area contributed by atoms with Crippen molar-refractivity contribution in [2.75, 3.05) is 37.7 Å². The van der Waals surface area contributed by atoms with Crippen molar-refractivity contribution in [2.45, 2.75) is 63.8 Å². The number of carbonyl (C=O) groups excluding carboxylic acids is 3. The number of hydrogen-bond acceptors (Lipinski definition) is 6. The summed E-state index contributed by atoms with van der Waals surface area (Å²) in [6.45, 7) is 9.17. The minimum atomic E-state index is -1.28. The molecule has 0 bridgehead atoms. The topological polar surface area (TPSA) is 99.6 Å². The average Bonchev–Trinajstić information content (AvgIpc) is 3.20. The monoisotopic (exact) mass is 537 g/mol. The Morgan fingerprint density at radius 3 is 2.36 bits per heavy atom. The largest absolute Gasteiger partial charge is 0.494 e. The molecule has 0 saturated carbocycles. The summed E-state index contributed by atoms with van der Waals surface area (Å²) < 4.78 is 12.5. The minimum Gasteiger partial charge on any atom is -0.494 e. The number of nitrogens with zero attached hydrogens (tertiary/aromatic N) is 3. The molecule has 1 N–H and O–H groups in total. The lowest BCUT2D eigenvalue weighted by Gasteiger charge is -2.39. The van der Waals surface area contributed by atoms with E-state index in [9.17, 15) is 19.5 Å². The summed E-state index contributed by atoms with van der Waals surface area (Å²) in [5.74, 6) is -1.62. The minimum absolute atomic E-state index is 0.0742. The van der Waals surface area contributed by atoms with Crippen molar-refractivity contribution in [3.05, 3.63) is 48.6 Å². The van der Waals surface area contributed by atoms with E-state index < -0.39 is 29.1 Å². The highest BCUT2D eigenvalue weighted by Crippen LogP contribution is 2.58. The van der Waals surface area contributed by atoms with Crippen LogP contribution in [0.25, 0.3) is 0 Å². The van der Waals surface area contributed by atoms with Gasteiger partial charge in [-0.15, -0.1) is 0 Å². The van der Waals surface area contributed by atoms with Gasteiger partial charge in [-0.2, -0.15) is 0 Å². The molecule has 0 radical (unpaired) electrons. The van der Waals surface area contributed by atoms with E-state index in [1.807, 2.05) is 76.3 Å². The van der Waals surface area contributed by atoms with Crippen molar-refractivity contribution in [3.63, 3.8) is 0 Å². The number of likely N-dealkylation sites (tertiary alicyclic amines) is 1. The predicted molar refractivity (Wildman–Crippen MR) is 146 cm³/mol. The number of fused-ring (bicyclic) bond motifs is 2. The van der Waals surface area contributed by atoms with E-state index in [4.69, 9.17) is 9.47 Å². The maximum Gasteiger partial charge on any atom is 0.249 e. The standard InChI is InChI=1S/C30H39N3O6/c1-5-29-14-7-17-32(21-10-12-22(13-11-21)38-6-2)26(35)23(29)24-27(36)33(18-9-19-34)25-28(37)31(20(3)4)16-8-15-30(24,25)39-29/h7-8,10-15,20,23-25,34H,5-6,9,16-19H2,1-4H3/t23-,24+,25?,29+,30+/m1/s1. The van der Waals surface area contributed by atoms with Crippen molar-refractivity contribution < 1.29 is 29.0 Å². The highest BCUT2D eigenvalue weighted by Gasteiger charge is 2.75. The van der Waals surface area contributed by atoms with Gasteiger partial charge in [0.15, 0.2) is 0 Å². The van der Waals surface area contributed by atoms with Crippen LogP contribution in [-0.2, 0) is 19.1 Å². The lowest BCUT2D eigenvalue weighted by molar-refractivity contribution is -0.153. The van der Waals surface area contributed by atoms with Gasteiger partial charge < -0.3 is 29.3 Å². The molecule has 0 aromatic heterocycles. The van der Waals surface area contributed by atoms with Gasteiger partial charge in [-0.05, 0) is 57.9 Å². The van der Waals surface area contributed by atoms with Gasteiger partial charge in [0.25, 0.3) is 0 Å². The molecule has 1 spiro atoms. The number of hydrogen-bond donors (Lipinski definition) is 1. The Hall–Kier alpha value is -3.17. The fraction of sp³-hybridized carbons (Fsp3) is 0.567. The molecule has 5 rings (SSSR count). The summed E-state index contributed by atoms with van der Waals surface area (Å²) in [5.41, 5.74) is -1.61. The van der Waals surface area contributed by atoms with Crippen LogP contribution in [0.5, 0.6) is 5.75 Å². The third-order valence-electron chi connectivity index (χ3n) is 8.61. The Morgan fingerprint density at radius 2 is 1.72 bits per heavy atom. The first-order valence-electron chi connectivity index (χ1n) is 14.1. The van der Waals surface area contributed by atoms with E-state index in [0.717, 1.165) is 5.75 Å². The number of aliphatic hydroxyl groups excluding tert-OH is 1. The smallest absolute Gasteiger partial charge is 0.249 e. The summed E-state index contributed by atoms with van der Waals surface area (Å²) in [4.78, 5) is 47.8. The summed E-state index contributed by atoms with van der Waals surface area (Å²) in [5, 5.41) is 9.57. The Balaban J connectivity index is 1.61. The number of ether oxygens (including phenoxy) is 2. The molecule has 4 aliphatic rings. The molecule has 1 aromatic rings. The van der Waals surface area contributed by atoms with Crippen LogP contribution in [0.3, 0.4) is 0 Å². The van der Waals surface area contributed by atoms with Gasteiger partial charge in [-0.3, -0.25) is 14.4 Å². The van der Waals surface area contributed by atoms with Gasteiger partial charge >= 0.3 is 0 Å². The third-order valence-corrected chi connectivity index (χ3v) is 8.61. The average molecular weight is 538 g/mol. The maximum atomic E-state index is 14.5. The van der Waals surface area contributed by atoms with E-state index in [1.54, 1.807) is 14.7 Å². The van der Waals surface area contributed by atoms with Crippen LogP contribution in [0.2, 0.25) is 0 Å². The van der Waals surface area contributed by atoms with Gasteiger partial charge in [-0.25, -0.2) is 0 Å². The van der Waals surface area contributed by atoms with Gasteiger partial charge in [-0.1, -0.05) is 31.2 Å². The van der Waals surface area contributed by atoms with Gasteiger partial charge in [0.05, 0.1) is 24.0 Å². The molecule has 1 aromatic carbocycles. The lowest BCUT2D eigenvalue weighted by Crippen LogP contribution is -2.57. The molecule has 2 saturated heterocycles. The van der Waals surface area contributed by atoms with Crippen LogP contribution in [-0.4, -0.2) is 88.8 Å². The predicted octanol–water partition coefficient (Wildman–Crippen LogP) is 2.54. The first kappa shape index (κ1) is 27.4. The number of carbonyl (C=O) groups is 3.